The molecular formula is C32H56N2. The van der Waals surface area contributed by atoms with E-state index in [4.69, 9.17) is 0 Å². The summed E-state index contributed by atoms with van der Waals surface area (Å²) >= 11 is 0. The fraction of sp³-hybridized carbons (Fsp3) is 0.750. The van der Waals surface area contributed by atoms with Gasteiger partial charge in [0.05, 0.1) is 0 Å². The number of anilines is 1. The minimum absolute atomic E-state index is 0.505. The Hall–Kier alpha value is -1.44. The minimum atomic E-state index is 0.505. The smallest absolute Gasteiger partial charge is 0.105 e. The molecule has 1 atom stereocenters. The van der Waals surface area contributed by atoms with Crippen LogP contribution in [0.3, 0.4) is 0 Å². The molecule has 0 aromatic heterocycles. The van der Waals surface area contributed by atoms with Crippen molar-refractivity contribution in [3.63, 3.8) is 0 Å². The Morgan fingerprint density at radius 3 is 1.53 bits per heavy atom. The van der Waals surface area contributed by atoms with Gasteiger partial charge in [0.2, 0.25) is 0 Å². The highest BCUT2D eigenvalue weighted by atomic mass is 15.4. The largest absolute Gasteiger partial charge is 0.356 e. The molecule has 0 radical (unpaired) electrons. The van der Waals surface area contributed by atoms with Crippen LogP contribution in [0, 0.1) is 0 Å². The SMILES string of the molecule is CCCCCCCCCCCCCCN1C=CN(c2ccccc2)C1CCCCCCCCC. The second-order valence-electron chi connectivity index (χ2n) is 10.6. The summed E-state index contributed by atoms with van der Waals surface area (Å²) in [5, 5.41) is 0. The van der Waals surface area contributed by atoms with Gasteiger partial charge in [-0.2, -0.15) is 0 Å². The van der Waals surface area contributed by atoms with Crippen LogP contribution in [0.25, 0.3) is 0 Å². The maximum absolute atomic E-state index is 2.63. The molecule has 0 aliphatic carbocycles. The summed E-state index contributed by atoms with van der Waals surface area (Å²) in [5.74, 6) is 0. The average molecular weight is 469 g/mol. The molecule has 2 nitrogen and oxygen atoms in total. The number of para-hydroxylation sites is 1. The van der Waals surface area contributed by atoms with Crippen LogP contribution < -0.4 is 4.90 Å². The molecule has 0 amide bonds. The number of rotatable bonds is 22. The van der Waals surface area contributed by atoms with Crippen molar-refractivity contribution in [3.05, 3.63) is 42.7 Å². The molecule has 1 aliphatic rings. The first-order valence-corrected chi connectivity index (χ1v) is 15.1. The van der Waals surface area contributed by atoms with Gasteiger partial charge in [0.25, 0.3) is 0 Å². The van der Waals surface area contributed by atoms with Crippen molar-refractivity contribution in [2.45, 2.75) is 148 Å². The summed E-state index contributed by atoms with van der Waals surface area (Å²) in [5.41, 5.74) is 1.34. The van der Waals surface area contributed by atoms with Crippen LogP contribution in [0.4, 0.5) is 5.69 Å². The van der Waals surface area contributed by atoms with Crippen LogP contribution in [0.1, 0.15) is 142 Å². The fourth-order valence-electron chi connectivity index (χ4n) is 5.32. The topological polar surface area (TPSA) is 6.48 Å². The maximum atomic E-state index is 2.63. The molecule has 0 N–H and O–H groups in total. The summed E-state index contributed by atoms with van der Waals surface area (Å²) in [7, 11) is 0. The number of unbranched alkanes of at least 4 members (excludes halogenated alkanes) is 17. The lowest BCUT2D eigenvalue weighted by Crippen LogP contribution is -2.39. The van der Waals surface area contributed by atoms with Crippen molar-refractivity contribution in [2.75, 3.05) is 11.4 Å². The molecule has 0 spiro atoms. The summed E-state index contributed by atoms with van der Waals surface area (Å²) in [6.45, 7) is 5.81. The first-order valence-electron chi connectivity index (χ1n) is 15.1. The Kier molecular flexibility index (Phi) is 16.8. The van der Waals surface area contributed by atoms with E-state index < -0.39 is 0 Å². The van der Waals surface area contributed by atoms with Gasteiger partial charge in [-0.1, -0.05) is 141 Å². The van der Waals surface area contributed by atoms with Gasteiger partial charge >= 0.3 is 0 Å². The van der Waals surface area contributed by atoms with Gasteiger partial charge in [-0.15, -0.1) is 0 Å². The van der Waals surface area contributed by atoms with Gasteiger partial charge in [0.15, 0.2) is 0 Å². The predicted molar refractivity (Wildman–Crippen MR) is 152 cm³/mol. The predicted octanol–water partition coefficient (Wildman–Crippen LogP) is 10.4. The van der Waals surface area contributed by atoms with Crippen molar-refractivity contribution in [1.82, 2.24) is 4.90 Å². The highest BCUT2D eigenvalue weighted by molar-refractivity contribution is 5.51. The van der Waals surface area contributed by atoms with Crippen molar-refractivity contribution in [1.29, 1.82) is 0 Å². The highest BCUT2D eigenvalue weighted by Gasteiger charge is 2.26. The van der Waals surface area contributed by atoms with Gasteiger partial charge in [0.1, 0.15) is 6.17 Å². The Balaban J connectivity index is 1.62. The Labute approximate surface area is 213 Å². The molecule has 1 aliphatic heterocycles. The number of benzene rings is 1. The molecule has 1 heterocycles. The normalized spacial score (nSPS) is 15.5. The Morgan fingerprint density at radius 1 is 0.529 bits per heavy atom. The summed E-state index contributed by atoms with van der Waals surface area (Å²) in [6, 6.07) is 11.0. The molecule has 194 valence electrons. The van der Waals surface area contributed by atoms with Gasteiger partial charge in [-0.25, -0.2) is 0 Å². The van der Waals surface area contributed by atoms with Crippen molar-refractivity contribution >= 4 is 5.69 Å². The molecule has 2 rings (SSSR count). The van der Waals surface area contributed by atoms with Gasteiger partial charge in [-0.3, -0.25) is 0 Å². The monoisotopic (exact) mass is 468 g/mol. The van der Waals surface area contributed by atoms with Gasteiger partial charge < -0.3 is 9.80 Å². The first-order chi connectivity index (χ1) is 16.9. The zero-order chi connectivity index (χ0) is 24.1. The fourth-order valence-corrected chi connectivity index (χ4v) is 5.32. The molecule has 2 heteroatoms. The molecule has 0 saturated heterocycles. The Morgan fingerprint density at radius 2 is 1.00 bits per heavy atom. The van der Waals surface area contributed by atoms with Crippen LogP contribution in [-0.2, 0) is 0 Å². The number of nitrogens with zero attached hydrogens (tertiary/aromatic N) is 2. The van der Waals surface area contributed by atoms with E-state index in [1.54, 1.807) is 0 Å². The van der Waals surface area contributed by atoms with E-state index >= 15 is 0 Å². The van der Waals surface area contributed by atoms with Crippen LogP contribution in [-0.4, -0.2) is 17.6 Å². The zero-order valence-electron chi connectivity index (χ0n) is 22.9. The number of hydrogen-bond donors (Lipinski definition) is 0. The average Bonchev–Trinajstić information content (AvgIpc) is 3.27. The van der Waals surface area contributed by atoms with E-state index in [-0.39, 0.29) is 0 Å². The first kappa shape index (κ1) is 28.8. The van der Waals surface area contributed by atoms with Crippen LogP contribution >= 0.6 is 0 Å². The van der Waals surface area contributed by atoms with E-state index in [9.17, 15) is 0 Å². The van der Waals surface area contributed by atoms with E-state index in [2.05, 4.69) is 66.4 Å². The third-order valence-corrected chi connectivity index (χ3v) is 7.51. The lowest BCUT2D eigenvalue weighted by Gasteiger charge is -2.33. The summed E-state index contributed by atoms with van der Waals surface area (Å²) in [4.78, 5) is 5.14. The van der Waals surface area contributed by atoms with Crippen LogP contribution in [0.2, 0.25) is 0 Å². The van der Waals surface area contributed by atoms with E-state index in [1.807, 2.05) is 0 Å². The molecular weight excluding hydrogens is 412 g/mol. The van der Waals surface area contributed by atoms with Crippen molar-refractivity contribution in [2.24, 2.45) is 0 Å². The third-order valence-electron chi connectivity index (χ3n) is 7.51. The quantitative estimate of drug-likeness (QED) is 0.156. The second-order valence-corrected chi connectivity index (χ2v) is 10.6. The molecule has 1 aromatic carbocycles. The van der Waals surface area contributed by atoms with E-state index in [0.717, 1.165) is 0 Å². The molecule has 1 unspecified atom stereocenters. The number of hydrogen-bond acceptors (Lipinski definition) is 2. The molecule has 0 bridgehead atoms. The van der Waals surface area contributed by atoms with Crippen LogP contribution in [0.5, 0.6) is 0 Å². The molecule has 1 aromatic rings. The minimum Gasteiger partial charge on any atom is -0.356 e. The molecule has 34 heavy (non-hydrogen) atoms. The van der Waals surface area contributed by atoms with E-state index in [1.165, 1.54) is 141 Å². The maximum Gasteiger partial charge on any atom is 0.105 e. The van der Waals surface area contributed by atoms with Crippen LogP contribution in [0.15, 0.2) is 42.7 Å². The zero-order valence-corrected chi connectivity index (χ0v) is 22.9. The van der Waals surface area contributed by atoms with Crippen molar-refractivity contribution < 1.29 is 0 Å². The third kappa shape index (κ3) is 12.3. The van der Waals surface area contributed by atoms with Gasteiger partial charge in [-0.05, 0) is 31.4 Å². The molecule has 0 saturated carbocycles. The Bertz CT molecular complexity index is 596. The molecule has 0 fully saturated rings. The van der Waals surface area contributed by atoms with Crippen molar-refractivity contribution in [3.8, 4) is 0 Å². The standard InChI is InChI=1S/C32H56N2/c1-3-5-7-9-11-12-13-14-15-17-19-24-28-33-29-30-34(31-25-21-20-22-26-31)32(33)27-23-18-16-10-8-6-4-2/h20-22,25-26,29-30,32H,3-19,23-24,27-28H2,1-2H3. The summed E-state index contributed by atoms with van der Waals surface area (Å²) < 4.78 is 0. The highest BCUT2D eigenvalue weighted by Crippen LogP contribution is 2.28. The summed E-state index contributed by atoms with van der Waals surface area (Å²) in [6.07, 6.45) is 33.2. The van der Waals surface area contributed by atoms with E-state index in [0.29, 0.717) is 6.17 Å². The van der Waals surface area contributed by atoms with Gasteiger partial charge in [0, 0.05) is 24.6 Å². The second kappa shape index (κ2) is 19.8. The lowest BCUT2D eigenvalue weighted by atomic mass is 10.0. The lowest BCUT2D eigenvalue weighted by molar-refractivity contribution is 0.273.